The van der Waals surface area contributed by atoms with Crippen LogP contribution in [0.2, 0.25) is 0 Å². The van der Waals surface area contributed by atoms with Crippen LogP contribution >= 0.6 is 0 Å². The number of H-pyrrole nitrogens is 1. The Labute approximate surface area is 206 Å². The van der Waals surface area contributed by atoms with E-state index >= 15 is 0 Å². The van der Waals surface area contributed by atoms with Gasteiger partial charge in [0.2, 0.25) is 0 Å². The number of carbonyl (C=O) groups excluding carboxylic acids is 2. The van der Waals surface area contributed by atoms with E-state index in [1.807, 2.05) is 6.20 Å². The Morgan fingerprint density at radius 1 is 1.14 bits per heavy atom. The predicted molar refractivity (Wildman–Crippen MR) is 132 cm³/mol. The summed E-state index contributed by atoms with van der Waals surface area (Å²) in [6.07, 6.45) is 3.37. The van der Waals surface area contributed by atoms with E-state index in [1.165, 1.54) is 6.07 Å². The molecule has 0 radical (unpaired) electrons. The van der Waals surface area contributed by atoms with Crippen molar-refractivity contribution in [3.8, 4) is 34.6 Å². The van der Waals surface area contributed by atoms with Crippen LogP contribution in [0, 0.1) is 17.7 Å². The first-order valence-electron chi connectivity index (χ1n) is 11.6. The van der Waals surface area contributed by atoms with Gasteiger partial charge in [0.05, 0.1) is 0 Å². The molecule has 4 aromatic rings. The number of imidazole rings is 1. The van der Waals surface area contributed by atoms with Crippen LogP contribution in [0.5, 0.6) is 11.5 Å². The number of likely N-dealkylation sites (tertiary alicyclic amines) is 1. The molecule has 1 fully saturated rings. The number of nitrogens with two attached hydrogens (primary N) is 1. The summed E-state index contributed by atoms with van der Waals surface area (Å²) in [6.45, 7) is 2.86. The minimum absolute atomic E-state index is 0.123. The first-order chi connectivity index (χ1) is 17.5. The number of nitrogens with one attached hydrogen (secondary N) is 1. The lowest BCUT2D eigenvalue weighted by Crippen LogP contribution is -2.37. The molecule has 9 heteroatoms. The van der Waals surface area contributed by atoms with Crippen molar-refractivity contribution in [1.82, 2.24) is 19.5 Å². The van der Waals surface area contributed by atoms with Gasteiger partial charge >= 0.3 is 0 Å². The van der Waals surface area contributed by atoms with Gasteiger partial charge in [0, 0.05) is 30.4 Å². The fourth-order valence-electron chi connectivity index (χ4n) is 4.58. The summed E-state index contributed by atoms with van der Waals surface area (Å²) in [5.74, 6) is 4.76. The molecule has 8 nitrogen and oxygen atoms in total. The molecule has 3 N–H and O–H groups in total. The molecule has 1 saturated heterocycles. The normalized spacial score (nSPS) is 13.9. The Kier molecular flexibility index (Phi) is 6.17. The number of hydrogen-bond donors (Lipinski definition) is 2. The fraction of sp³-hybridized carbons (Fsp3) is 0.222. The first-order valence-corrected chi connectivity index (χ1v) is 11.6. The van der Waals surface area contributed by atoms with Crippen LogP contribution in [0.4, 0.5) is 4.39 Å². The average Bonchev–Trinajstić information content (AvgIpc) is 3.46. The number of rotatable bonds is 5. The Bertz CT molecular complexity index is 1500. The average molecular weight is 486 g/mol. The lowest BCUT2D eigenvalue weighted by molar-refractivity contribution is -0.126. The van der Waals surface area contributed by atoms with Crippen LogP contribution < -0.4 is 10.5 Å². The summed E-state index contributed by atoms with van der Waals surface area (Å²) in [6, 6.07) is 13.0. The maximum absolute atomic E-state index is 13.9. The molecule has 0 unspecified atom stereocenters. The minimum atomic E-state index is -0.615. The van der Waals surface area contributed by atoms with E-state index in [1.54, 1.807) is 58.8 Å². The Morgan fingerprint density at radius 2 is 1.86 bits per heavy atom. The van der Waals surface area contributed by atoms with E-state index in [-0.39, 0.29) is 23.3 Å². The molecule has 2 aromatic heterocycles. The number of halogens is 1. The number of primary amides is 1. The van der Waals surface area contributed by atoms with Crippen molar-refractivity contribution >= 4 is 17.5 Å². The highest BCUT2D eigenvalue weighted by atomic mass is 19.1. The number of benzene rings is 2. The van der Waals surface area contributed by atoms with Gasteiger partial charge in [0.25, 0.3) is 11.8 Å². The number of aromatic nitrogens is 3. The van der Waals surface area contributed by atoms with Gasteiger partial charge in [-0.3, -0.25) is 14.7 Å². The molecule has 3 heterocycles. The third-order valence-corrected chi connectivity index (χ3v) is 6.36. The highest BCUT2D eigenvalue weighted by molar-refractivity contribution is 5.98. The predicted octanol–water partition coefficient (Wildman–Crippen LogP) is 4.09. The molecule has 0 atom stereocenters. The van der Waals surface area contributed by atoms with Crippen LogP contribution in [0.25, 0.3) is 16.9 Å². The SMILES string of the molecule is CC#CC(=O)N1CCC(c2c[nH]n3c(C(N)=O)c(-c4ccc(Oc5ccccc5F)cc4)nc23)CC1. The van der Waals surface area contributed by atoms with E-state index < -0.39 is 11.7 Å². The number of aromatic amines is 1. The third kappa shape index (κ3) is 4.29. The maximum atomic E-state index is 13.9. The van der Waals surface area contributed by atoms with Gasteiger partial charge in [-0.05, 0) is 68.0 Å². The topological polar surface area (TPSA) is 106 Å². The minimum Gasteiger partial charge on any atom is -0.454 e. The van der Waals surface area contributed by atoms with Crippen molar-refractivity contribution in [3.05, 3.63) is 71.8 Å². The van der Waals surface area contributed by atoms with E-state index in [0.717, 1.165) is 18.4 Å². The van der Waals surface area contributed by atoms with E-state index in [0.29, 0.717) is 35.7 Å². The molecular weight excluding hydrogens is 461 g/mol. The number of hydrogen-bond acceptors (Lipinski definition) is 4. The second kappa shape index (κ2) is 9.58. The number of nitrogens with zero attached hydrogens (tertiary/aromatic N) is 3. The summed E-state index contributed by atoms with van der Waals surface area (Å²) >= 11 is 0. The van der Waals surface area contributed by atoms with Crippen molar-refractivity contribution in [2.75, 3.05) is 13.1 Å². The van der Waals surface area contributed by atoms with E-state index in [9.17, 15) is 14.0 Å². The van der Waals surface area contributed by atoms with Gasteiger partial charge in [0.1, 0.15) is 11.4 Å². The molecule has 2 amide bonds. The summed E-state index contributed by atoms with van der Waals surface area (Å²) < 4.78 is 21.1. The first kappa shape index (κ1) is 23.2. The molecule has 1 aliphatic rings. The van der Waals surface area contributed by atoms with Crippen LogP contribution in [-0.2, 0) is 4.79 Å². The Morgan fingerprint density at radius 3 is 2.53 bits per heavy atom. The summed E-state index contributed by atoms with van der Waals surface area (Å²) in [5.41, 5.74) is 8.69. The zero-order valence-electron chi connectivity index (χ0n) is 19.6. The highest BCUT2D eigenvalue weighted by Gasteiger charge is 2.28. The second-order valence-corrected chi connectivity index (χ2v) is 8.56. The fourth-order valence-corrected chi connectivity index (χ4v) is 4.58. The maximum Gasteiger partial charge on any atom is 0.298 e. The molecule has 182 valence electrons. The molecule has 0 saturated carbocycles. The summed E-state index contributed by atoms with van der Waals surface area (Å²) in [4.78, 5) is 31.0. The number of ether oxygens (including phenoxy) is 1. The second-order valence-electron chi connectivity index (χ2n) is 8.56. The number of carbonyl (C=O) groups is 2. The highest BCUT2D eigenvalue weighted by Crippen LogP contribution is 2.34. The quantitative estimate of drug-likeness (QED) is 0.415. The molecule has 36 heavy (non-hydrogen) atoms. The molecule has 5 rings (SSSR count). The van der Waals surface area contributed by atoms with Gasteiger partial charge in [-0.1, -0.05) is 18.1 Å². The molecule has 1 aliphatic heterocycles. The zero-order chi connectivity index (χ0) is 25.2. The number of para-hydroxylation sites is 1. The van der Waals surface area contributed by atoms with Crippen molar-refractivity contribution in [2.45, 2.75) is 25.7 Å². The third-order valence-electron chi connectivity index (χ3n) is 6.36. The largest absolute Gasteiger partial charge is 0.454 e. The lowest BCUT2D eigenvalue weighted by atomic mass is 9.91. The van der Waals surface area contributed by atoms with Gasteiger partial charge in [-0.2, -0.15) is 0 Å². The van der Waals surface area contributed by atoms with Gasteiger partial charge in [-0.25, -0.2) is 13.9 Å². The van der Waals surface area contributed by atoms with Crippen molar-refractivity contribution in [3.63, 3.8) is 0 Å². The molecule has 2 aromatic carbocycles. The number of amides is 2. The summed E-state index contributed by atoms with van der Waals surface area (Å²) in [7, 11) is 0. The van der Waals surface area contributed by atoms with Crippen molar-refractivity contribution < 1.29 is 18.7 Å². The van der Waals surface area contributed by atoms with Crippen molar-refractivity contribution in [1.29, 1.82) is 0 Å². The summed E-state index contributed by atoms with van der Waals surface area (Å²) in [5, 5.41) is 3.11. The van der Waals surface area contributed by atoms with Crippen LogP contribution in [0.15, 0.2) is 54.7 Å². The number of piperidine rings is 1. The molecular formula is C27H24FN5O3. The monoisotopic (exact) mass is 485 g/mol. The van der Waals surface area contributed by atoms with Gasteiger partial charge < -0.3 is 15.4 Å². The zero-order valence-corrected chi connectivity index (χ0v) is 19.6. The van der Waals surface area contributed by atoms with Crippen LogP contribution in [-0.4, -0.2) is 44.4 Å². The molecule has 0 bridgehead atoms. The Hall–Kier alpha value is -4.58. The van der Waals surface area contributed by atoms with E-state index in [4.69, 9.17) is 15.5 Å². The van der Waals surface area contributed by atoms with Crippen LogP contribution in [0.3, 0.4) is 0 Å². The standard InChI is InChI=1S/C27H24FN5O3/c1-2-5-23(34)32-14-12-17(13-15-32)20-16-30-33-25(26(29)35)24(31-27(20)33)18-8-10-19(11-9-18)36-22-7-4-3-6-21(22)28/h3-4,6-11,16-17,30H,12-15H2,1H3,(H2,29,35). The van der Waals surface area contributed by atoms with E-state index in [2.05, 4.69) is 16.9 Å². The van der Waals surface area contributed by atoms with Crippen molar-refractivity contribution in [2.24, 2.45) is 5.73 Å². The van der Waals surface area contributed by atoms with Gasteiger partial charge in [0.15, 0.2) is 22.9 Å². The molecule has 0 spiro atoms. The lowest BCUT2D eigenvalue weighted by Gasteiger charge is -2.30. The van der Waals surface area contributed by atoms with Crippen LogP contribution in [0.1, 0.15) is 41.7 Å². The Balaban J connectivity index is 1.42. The number of fused-ring (bicyclic) bond motifs is 1. The smallest absolute Gasteiger partial charge is 0.298 e. The van der Waals surface area contributed by atoms with Gasteiger partial charge in [-0.15, -0.1) is 0 Å². The molecule has 0 aliphatic carbocycles.